The van der Waals surface area contributed by atoms with E-state index >= 15 is 0 Å². The Balaban J connectivity index is 1.58. The second-order valence-corrected chi connectivity index (χ2v) is 6.36. The molecule has 148 valence electrons. The first-order valence-corrected chi connectivity index (χ1v) is 9.24. The maximum atomic E-state index is 12.5. The van der Waals surface area contributed by atoms with Crippen LogP contribution in [0.1, 0.15) is 17.2 Å². The molecule has 6 heteroatoms. The van der Waals surface area contributed by atoms with Gasteiger partial charge in [0.05, 0.1) is 19.7 Å². The third-order valence-electron chi connectivity index (χ3n) is 4.33. The van der Waals surface area contributed by atoms with Crippen molar-refractivity contribution in [2.45, 2.75) is 6.04 Å². The van der Waals surface area contributed by atoms with Crippen LogP contribution in [0.15, 0.2) is 84.9 Å². The summed E-state index contributed by atoms with van der Waals surface area (Å²) >= 11 is 0. The fraction of sp³-hybridized carbons (Fsp3) is 0.130. The van der Waals surface area contributed by atoms with Gasteiger partial charge < -0.3 is 20.7 Å². The molecule has 3 rings (SSSR count). The maximum absolute atomic E-state index is 12.5. The van der Waals surface area contributed by atoms with Crippen molar-refractivity contribution in [1.82, 2.24) is 10.6 Å². The average Bonchev–Trinajstić information content (AvgIpc) is 2.78. The van der Waals surface area contributed by atoms with Crippen LogP contribution in [-0.2, 0) is 4.79 Å². The molecule has 3 aromatic carbocycles. The van der Waals surface area contributed by atoms with E-state index in [-0.39, 0.29) is 18.5 Å². The number of urea groups is 1. The molecule has 0 spiro atoms. The van der Waals surface area contributed by atoms with Crippen molar-refractivity contribution >= 4 is 17.6 Å². The molecular formula is C23H23N3O3. The number of methoxy groups -OCH3 is 1. The summed E-state index contributed by atoms with van der Waals surface area (Å²) in [6, 6.07) is 25.6. The Kier molecular flexibility index (Phi) is 6.84. The quantitative estimate of drug-likeness (QED) is 0.576. The third-order valence-corrected chi connectivity index (χ3v) is 4.33. The van der Waals surface area contributed by atoms with Gasteiger partial charge in [-0.3, -0.25) is 4.79 Å². The van der Waals surface area contributed by atoms with E-state index in [1.165, 1.54) is 0 Å². The molecule has 29 heavy (non-hydrogen) atoms. The summed E-state index contributed by atoms with van der Waals surface area (Å²) < 4.78 is 5.08. The van der Waals surface area contributed by atoms with Gasteiger partial charge in [-0.2, -0.15) is 0 Å². The molecule has 0 fully saturated rings. The predicted octanol–water partition coefficient (Wildman–Crippen LogP) is 3.72. The molecule has 0 aliphatic rings. The van der Waals surface area contributed by atoms with Gasteiger partial charge in [-0.05, 0) is 35.4 Å². The van der Waals surface area contributed by atoms with Gasteiger partial charge in [-0.1, -0.05) is 60.7 Å². The Morgan fingerprint density at radius 3 is 1.90 bits per heavy atom. The van der Waals surface area contributed by atoms with E-state index in [1.54, 1.807) is 31.4 Å². The highest BCUT2D eigenvalue weighted by Crippen LogP contribution is 2.21. The smallest absolute Gasteiger partial charge is 0.319 e. The Labute approximate surface area is 169 Å². The number of nitrogens with one attached hydrogen (secondary N) is 3. The highest BCUT2D eigenvalue weighted by atomic mass is 16.5. The molecule has 0 saturated heterocycles. The number of benzene rings is 3. The highest BCUT2D eigenvalue weighted by Gasteiger charge is 2.16. The predicted molar refractivity (Wildman–Crippen MR) is 113 cm³/mol. The van der Waals surface area contributed by atoms with Crippen LogP contribution in [0.2, 0.25) is 0 Å². The monoisotopic (exact) mass is 389 g/mol. The first-order valence-electron chi connectivity index (χ1n) is 9.24. The van der Waals surface area contributed by atoms with Crippen LogP contribution in [0.25, 0.3) is 0 Å². The summed E-state index contributed by atoms with van der Waals surface area (Å²) in [5.74, 6) is 0.413. The molecule has 0 atom stereocenters. The van der Waals surface area contributed by atoms with E-state index in [4.69, 9.17) is 4.74 Å². The average molecular weight is 389 g/mol. The van der Waals surface area contributed by atoms with E-state index in [2.05, 4.69) is 16.0 Å². The Morgan fingerprint density at radius 1 is 0.828 bits per heavy atom. The molecule has 0 aromatic heterocycles. The molecule has 0 heterocycles. The highest BCUT2D eigenvalue weighted by molar-refractivity contribution is 5.92. The number of ether oxygens (including phenoxy) is 1. The van der Waals surface area contributed by atoms with Crippen LogP contribution in [-0.4, -0.2) is 25.6 Å². The fourth-order valence-corrected chi connectivity index (χ4v) is 2.87. The van der Waals surface area contributed by atoms with Crippen molar-refractivity contribution in [2.75, 3.05) is 19.0 Å². The number of carbonyl (C=O) groups is 2. The fourth-order valence-electron chi connectivity index (χ4n) is 2.87. The van der Waals surface area contributed by atoms with E-state index in [9.17, 15) is 9.59 Å². The molecule has 3 aromatic rings. The van der Waals surface area contributed by atoms with Gasteiger partial charge in [0.15, 0.2) is 0 Å². The van der Waals surface area contributed by atoms with Gasteiger partial charge in [-0.15, -0.1) is 0 Å². The largest absolute Gasteiger partial charge is 0.497 e. The number of rotatable bonds is 7. The molecule has 0 aliphatic carbocycles. The normalized spacial score (nSPS) is 10.3. The Morgan fingerprint density at radius 2 is 1.38 bits per heavy atom. The summed E-state index contributed by atoms with van der Waals surface area (Å²) in [6.07, 6.45) is 0. The van der Waals surface area contributed by atoms with Crippen molar-refractivity contribution in [3.8, 4) is 5.75 Å². The summed E-state index contributed by atoms with van der Waals surface area (Å²) in [4.78, 5) is 24.5. The van der Waals surface area contributed by atoms with Crippen molar-refractivity contribution in [3.63, 3.8) is 0 Å². The van der Waals surface area contributed by atoms with Gasteiger partial charge in [0.2, 0.25) is 5.91 Å². The summed E-state index contributed by atoms with van der Waals surface area (Å²) in [7, 11) is 1.58. The van der Waals surface area contributed by atoms with Crippen molar-refractivity contribution < 1.29 is 14.3 Å². The summed E-state index contributed by atoms with van der Waals surface area (Å²) in [5, 5.41) is 8.24. The van der Waals surface area contributed by atoms with Crippen LogP contribution in [0, 0.1) is 0 Å². The maximum Gasteiger partial charge on any atom is 0.319 e. The molecule has 0 bridgehead atoms. The van der Waals surface area contributed by atoms with Gasteiger partial charge >= 0.3 is 6.03 Å². The lowest BCUT2D eigenvalue weighted by Gasteiger charge is -2.20. The zero-order chi connectivity index (χ0) is 20.5. The minimum absolute atomic E-state index is 0.141. The first-order chi connectivity index (χ1) is 14.2. The van der Waals surface area contributed by atoms with Gasteiger partial charge in [-0.25, -0.2) is 4.79 Å². The van der Waals surface area contributed by atoms with Crippen LogP contribution in [0.4, 0.5) is 10.5 Å². The van der Waals surface area contributed by atoms with Crippen molar-refractivity contribution in [1.29, 1.82) is 0 Å². The van der Waals surface area contributed by atoms with Crippen molar-refractivity contribution in [3.05, 3.63) is 96.1 Å². The molecule has 0 unspecified atom stereocenters. The van der Waals surface area contributed by atoms with E-state index in [0.717, 1.165) is 11.1 Å². The number of hydrogen-bond donors (Lipinski definition) is 3. The number of anilines is 1. The summed E-state index contributed by atoms with van der Waals surface area (Å²) in [5.41, 5.74) is 2.54. The van der Waals surface area contributed by atoms with Gasteiger partial charge in [0.25, 0.3) is 0 Å². The topological polar surface area (TPSA) is 79.5 Å². The molecule has 3 amide bonds. The SMILES string of the molecule is COc1ccc(NC(=O)NCC(=O)NC(c2ccccc2)c2ccccc2)cc1. The minimum atomic E-state index is -0.457. The van der Waals surface area contributed by atoms with Crippen LogP contribution in [0.3, 0.4) is 0 Å². The van der Waals surface area contributed by atoms with Gasteiger partial charge in [0, 0.05) is 5.69 Å². The standard InChI is InChI=1S/C23H23N3O3/c1-29-20-14-12-19(13-15-20)25-23(28)24-16-21(27)26-22(17-8-4-2-5-9-17)18-10-6-3-7-11-18/h2-15,22H,16H2,1H3,(H,26,27)(H2,24,25,28). The zero-order valence-electron chi connectivity index (χ0n) is 16.1. The molecule has 0 saturated carbocycles. The van der Waals surface area contributed by atoms with E-state index in [1.807, 2.05) is 60.7 Å². The lowest BCUT2D eigenvalue weighted by atomic mass is 9.99. The molecule has 0 radical (unpaired) electrons. The summed E-state index contributed by atoms with van der Waals surface area (Å²) in [6.45, 7) is -0.141. The number of carbonyl (C=O) groups excluding carboxylic acids is 2. The molecule has 3 N–H and O–H groups in total. The minimum Gasteiger partial charge on any atom is -0.497 e. The molecular weight excluding hydrogens is 366 g/mol. The van der Waals surface area contributed by atoms with E-state index < -0.39 is 6.03 Å². The van der Waals surface area contributed by atoms with Gasteiger partial charge in [0.1, 0.15) is 5.75 Å². The van der Waals surface area contributed by atoms with E-state index in [0.29, 0.717) is 11.4 Å². The first kappa shape index (κ1) is 19.9. The number of amides is 3. The van der Waals surface area contributed by atoms with Crippen LogP contribution >= 0.6 is 0 Å². The number of hydrogen-bond acceptors (Lipinski definition) is 3. The molecule has 6 nitrogen and oxygen atoms in total. The van der Waals surface area contributed by atoms with Crippen LogP contribution < -0.4 is 20.7 Å². The lowest BCUT2D eigenvalue weighted by molar-refractivity contribution is -0.120. The zero-order valence-corrected chi connectivity index (χ0v) is 16.1. The Bertz CT molecular complexity index is 889. The second kappa shape index (κ2) is 9.94. The second-order valence-electron chi connectivity index (χ2n) is 6.36. The Hall–Kier alpha value is -3.80. The van der Waals surface area contributed by atoms with Crippen LogP contribution in [0.5, 0.6) is 5.75 Å². The van der Waals surface area contributed by atoms with Crippen molar-refractivity contribution in [2.24, 2.45) is 0 Å². The molecule has 0 aliphatic heterocycles. The third kappa shape index (κ3) is 5.84. The lowest BCUT2D eigenvalue weighted by Crippen LogP contribution is -2.40.